The Bertz CT molecular complexity index is 945. The molecule has 1 fully saturated rings. The lowest BCUT2D eigenvalue weighted by Gasteiger charge is -2.35. The van der Waals surface area contributed by atoms with Crippen LogP contribution in [0.15, 0.2) is 36.4 Å². The van der Waals surface area contributed by atoms with Crippen LogP contribution in [0.25, 0.3) is 0 Å². The third kappa shape index (κ3) is 4.73. The predicted molar refractivity (Wildman–Crippen MR) is 122 cm³/mol. The van der Waals surface area contributed by atoms with Gasteiger partial charge in [0, 0.05) is 56.0 Å². The van der Waals surface area contributed by atoms with Gasteiger partial charge in [0.05, 0.1) is 0 Å². The molecular formula is C25H31N3O2. The van der Waals surface area contributed by atoms with Crippen LogP contribution in [0.2, 0.25) is 0 Å². The van der Waals surface area contributed by atoms with E-state index in [2.05, 4.69) is 41.2 Å². The van der Waals surface area contributed by atoms with Crippen LogP contribution < -0.4 is 10.2 Å². The fourth-order valence-electron chi connectivity index (χ4n) is 4.48. The fourth-order valence-corrected chi connectivity index (χ4v) is 4.48. The van der Waals surface area contributed by atoms with Crippen molar-refractivity contribution in [1.29, 1.82) is 0 Å². The lowest BCUT2D eigenvalue weighted by atomic mass is 10.0. The molecule has 5 nitrogen and oxygen atoms in total. The summed E-state index contributed by atoms with van der Waals surface area (Å²) in [7, 11) is 2.15. The number of anilines is 2. The van der Waals surface area contributed by atoms with Gasteiger partial charge in [-0.3, -0.25) is 9.59 Å². The number of rotatable bonds is 6. The maximum atomic E-state index is 12.5. The number of likely N-dealkylation sites (N-methyl/N-ethyl adjacent to an activating group) is 1. The van der Waals surface area contributed by atoms with Crippen LogP contribution in [0.3, 0.4) is 0 Å². The van der Waals surface area contributed by atoms with Crippen molar-refractivity contribution in [3.05, 3.63) is 58.7 Å². The molecule has 30 heavy (non-hydrogen) atoms. The number of carbonyl (C=O) groups excluding carboxylic acids is 2. The normalized spacial score (nSPS) is 16.4. The van der Waals surface area contributed by atoms with Gasteiger partial charge in [-0.15, -0.1) is 0 Å². The highest BCUT2D eigenvalue weighted by Gasteiger charge is 2.17. The van der Waals surface area contributed by atoms with Crippen molar-refractivity contribution in [1.82, 2.24) is 4.90 Å². The molecule has 158 valence electrons. The second-order valence-corrected chi connectivity index (χ2v) is 8.60. The minimum absolute atomic E-state index is 0.0430. The SMILES string of the molecule is Cc1cc(NC(=O)CCC(=O)c2ccc3c(c2)CCC3)ccc1N1CCN(C)CC1. The summed E-state index contributed by atoms with van der Waals surface area (Å²) in [6, 6.07) is 12.1. The number of amides is 1. The first-order valence-corrected chi connectivity index (χ1v) is 11.0. The summed E-state index contributed by atoms with van der Waals surface area (Å²) in [4.78, 5) is 29.6. The van der Waals surface area contributed by atoms with Gasteiger partial charge in [0.25, 0.3) is 0 Å². The third-order valence-electron chi connectivity index (χ3n) is 6.32. The summed E-state index contributed by atoms with van der Waals surface area (Å²) in [5.41, 5.74) is 6.57. The van der Waals surface area contributed by atoms with E-state index < -0.39 is 0 Å². The number of aryl methyl sites for hydroxylation is 3. The van der Waals surface area contributed by atoms with Crippen LogP contribution in [0.1, 0.15) is 46.3 Å². The van der Waals surface area contributed by atoms with Crippen molar-refractivity contribution in [2.45, 2.75) is 39.0 Å². The highest BCUT2D eigenvalue weighted by Crippen LogP contribution is 2.25. The maximum absolute atomic E-state index is 12.5. The Labute approximate surface area is 179 Å². The van der Waals surface area contributed by atoms with Crippen LogP contribution in [-0.2, 0) is 17.6 Å². The number of carbonyl (C=O) groups is 2. The van der Waals surface area contributed by atoms with E-state index in [1.54, 1.807) is 0 Å². The highest BCUT2D eigenvalue weighted by atomic mass is 16.2. The van der Waals surface area contributed by atoms with E-state index in [1.807, 2.05) is 24.3 Å². The summed E-state index contributed by atoms with van der Waals surface area (Å²) in [6.07, 6.45) is 3.78. The van der Waals surface area contributed by atoms with Crippen LogP contribution in [0.5, 0.6) is 0 Å². The first-order valence-electron chi connectivity index (χ1n) is 11.0. The molecule has 2 aromatic rings. The molecule has 2 aliphatic rings. The highest BCUT2D eigenvalue weighted by molar-refractivity contribution is 6.00. The van der Waals surface area contributed by atoms with E-state index in [-0.39, 0.29) is 24.5 Å². The van der Waals surface area contributed by atoms with Crippen molar-refractivity contribution in [3.63, 3.8) is 0 Å². The molecule has 1 N–H and O–H groups in total. The topological polar surface area (TPSA) is 52.7 Å². The van der Waals surface area contributed by atoms with Crippen LogP contribution >= 0.6 is 0 Å². The van der Waals surface area contributed by atoms with Crippen LogP contribution in [0, 0.1) is 6.92 Å². The number of nitrogens with zero attached hydrogens (tertiary/aromatic N) is 2. The monoisotopic (exact) mass is 405 g/mol. The molecule has 0 atom stereocenters. The minimum Gasteiger partial charge on any atom is -0.369 e. The molecule has 1 aliphatic heterocycles. The Kier molecular flexibility index (Phi) is 6.18. The molecule has 0 aromatic heterocycles. The van der Waals surface area contributed by atoms with E-state index in [1.165, 1.54) is 23.2 Å². The molecular weight excluding hydrogens is 374 g/mol. The van der Waals surface area contributed by atoms with Crippen molar-refractivity contribution in [2.24, 2.45) is 0 Å². The molecule has 5 heteroatoms. The van der Waals surface area contributed by atoms with E-state index >= 15 is 0 Å². The molecule has 0 unspecified atom stereocenters. The quantitative estimate of drug-likeness (QED) is 0.742. The number of nitrogens with one attached hydrogen (secondary N) is 1. The maximum Gasteiger partial charge on any atom is 0.224 e. The Morgan fingerprint density at radius 3 is 2.47 bits per heavy atom. The van der Waals surface area contributed by atoms with Gasteiger partial charge in [0.1, 0.15) is 0 Å². The number of hydrogen-bond acceptors (Lipinski definition) is 4. The fraction of sp³-hybridized carbons (Fsp3) is 0.440. The molecule has 4 rings (SSSR count). The molecule has 1 aliphatic carbocycles. The molecule has 1 amide bonds. The molecule has 0 bridgehead atoms. The van der Waals surface area contributed by atoms with E-state index in [0.29, 0.717) is 0 Å². The number of ketones is 1. The van der Waals surface area contributed by atoms with Crippen molar-refractivity contribution < 1.29 is 9.59 Å². The number of Topliss-reactive ketones (excluding diaryl/α,β-unsaturated/α-hetero) is 1. The van der Waals surface area contributed by atoms with E-state index in [4.69, 9.17) is 0 Å². The predicted octanol–water partition coefficient (Wildman–Crippen LogP) is 3.84. The lowest BCUT2D eigenvalue weighted by Crippen LogP contribution is -2.44. The summed E-state index contributed by atoms with van der Waals surface area (Å²) >= 11 is 0. The second-order valence-electron chi connectivity index (χ2n) is 8.60. The lowest BCUT2D eigenvalue weighted by molar-refractivity contribution is -0.116. The second kappa shape index (κ2) is 9.00. The van der Waals surface area contributed by atoms with Gasteiger partial charge in [-0.1, -0.05) is 12.1 Å². The van der Waals surface area contributed by atoms with Crippen molar-refractivity contribution >= 4 is 23.1 Å². The zero-order valence-corrected chi connectivity index (χ0v) is 18.0. The zero-order valence-electron chi connectivity index (χ0n) is 18.0. The Balaban J connectivity index is 1.30. The Hall–Kier alpha value is -2.66. The average molecular weight is 406 g/mol. The van der Waals surface area contributed by atoms with E-state index in [9.17, 15) is 9.59 Å². The van der Waals surface area contributed by atoms with Crippen molar-refractivity contribution in [2.75, 3.05) is 43.4 Å². The Morgan fingerprint density at radius 2 is 1.70 bits per heavy atom. The number of benzene rings is 2. The Morgan fingerprint density at radius 1 is 0.933 bits per heavy atom. The summed E-state index contributed by atoms with van der Waals surface area (Å²) in [5.74, 6) is -0.0716. The van der Waals surface area contributed by atoms with Crippen LogP contribution in [-0.4, -0.2) is 49.8 Å². The standard InChI is InChI=1S/C25H31N3O2/c1-18-16-22(8-9-23(18)28-14-12-27(2)13-15-28)26-25(30)11-10-24(29)21-7-6-19-4-3-5-20(19)17-21/h6-9,16-17H,3-5,10-15H2,1-2H3,(H,26,30). The third-order valence-corrected chi connectivity index (χ3v) is 6.32. The number of fused-ring (bicyclic) bond motifs is 1. The van der Waals surface area contributed by atoms with E-state index in [0.717, 1.165) is 55.8 Å². The molecule has 0 radical (unpaired) electrons. The first kappa shape index (κ1) is 20.6. The van der Waals surface area contributed by atoms with Gasteiger partial charge in [0.15, 0.2) is 5.78 Å². The minimum atomic E-state index is -0.115. The number of hydrogen-bond donors (Lipinski definition) is 1. The van der Waals surface area contributed by atoms with Gasteiger partial charge in [0.2, 0.25) is 5.91 Å². The van der Waals surface area contributed by atoms with Gasteiger partial charge in [-0.2, -0.15) is 0 Å². The number of piperazine rings is 1. The largest absolute Gasteiger partial charge is 0.369 e. The smallest absolute Gasteiger partial charge is 0.224 e. The first-order chi connectivity index (χ1) is 14.5. The molecule has 0 spiro atoms. The molecule has 2 aromatic carbocycles. The summed E-state index contributed by atoms with van der Waals surface area (Å²) in [5, 5.41) is 2.95. The molecule has 1 saturated heterocycles. The average Bonchev–Trinajstić information content (AvgIpc) is 3.21. The van der Waals surface area contributed by atoms with Gasteiger partial charge < -0.3 is 15.1 Å². The van der Waals surface area contributed by atoms with Crippen molar-refractivity contribution in [3.8, 4) is 0 Å². The van der Waals surface area contributed by atoms with Gasteiger partial charge in [-0.05, 0) is 74.2 Å². The summed E-state index contributed by atoms with van der Waals surface area (Å²) < 4.78 is 0. The molecule has 0 saturated carbocycles. The zero-order chi connectivity index (χ0) is 21.1. The van der Waals surface area contributed by atoms with Crippen LogP contribution in [0.4, 0.5) is 11.4 Å². The molecule has 1 heterocycles. The van der Waals surface area contributed by atoms with Gasteiger partial charge >= 0.3 is 0 Å². The van der Waals surface area contributed by atoms with Gasteiger partial charge in [-0.25, -0.2) is 0 Å². The summed E-state index contributed by atoms with van der Waals surface area (Å²) in [6.45, 7) is 6.26.